The molecule has 156 valence electrons. The Morgan fingerprint density at radius 2 is 1.77 bits per heavy atom. The Morgan fingerprint density at radius 3 is 2.37 bits per heavy atom. The second-order valence-corrected chi connectivity index (χ2v) is 6.67. The molecule has 2 N–H and O–H groups in total. The van der Waals surface area contributed by atoms with Crippen LogP contribution in [0.1, 0.15) is 12.5 Å². The van der Waals surface area contributed by atoms with Crippen molar-refractivity contribution in [3.05, 3.63) is 59.8 Å². The number of aryl methyl sites for hydroxylation is 1. The number of amides is 4. The van der Waals surface area contributed by atoms with E-state index in [9.17, 15) is 14.4 Å². The van der Waals surface area contributed by atoms with Crippen LogP contribution in [0.15, 0.2) is 54.2 Å². The summed E-state index contributed by atoms with van der Waals surface area (Å²) in [7, 11) is 3.05. The van der Waals surface area contributed by atoms with Gasteiger partial charge in [0, 0.05) is 11.8 Å². The molecule has 2 aromatic rings. The first kappa shape index (κ1) is 20.9. The van der Waals surface area contributed by atoms with Gasteiger partial charge in [-0.05, 0) is 38.1 Å². The summed E-state index contributed by atoms with van der Waals surface area (Å²) in [5.74, 6) is -1.48. The highest BCUT2D eigenvalue weighted by molar-refractivity contribution is 6.29. The van der Waals surface area contributed by atoms with E-state index in [1.807, 2.05) is 6.92 Å². The number of hydrogen-bond acceptors (Lipinski definition) is 6. The molecule has 1 aliphatic rings. The van der Waals surface area contributed by atoms with Gasteiger partial charge in [-0.2, -0.15) is 0 Å². The van der Waals surface area contributed by atoms with Crippen molar-refractivity contribution < 1.29 is 23.9 Å². The van der Waals surface area contributed by atoms with E-state index in [0.29, 0.717) is 28.6 Å². The average Bonchev–Trinajstić information content (AvgIpc) is 2.74. The first-order chi connectivity index (χ1) is 14.4. The van der Waals surface area contributed by atoms with Gasteiger partial charge in [0.2, 0.25) is 5.91 Å². The third-order valence-electron chi connectivity index (χ3n) is 4.76. The lowest BCUT2D eigenvalue weighted by atomic mass is 9.99. The highest BCUT2D eigenvalue weighted by atomic mass is 16.5. The van der Waals surface area contributed by atoms with Gasteiger partial charge in [-0.25, -0.2) is 9.69 Å². The summed E-state index contributed by atoms with van der Waals surface area (Å²) in [6.45, 7) is 3.60. The van der Waals surface area contributed by atoms with Gasteiger partial charge in [-0.3, -0.25) is 14.9 Å². The molecule has 1 aliphatic heterocycles. The van der Waals surface area contributed by atoms with Crippen LogP contribution in [0, 0.1) is 12.8 Å². The Balaban J connectivity index is 1.93. The molecule has 0 aromatic heterocycles. The van der Waals surface area contributed by atoms with Crippen molar-refractivity contribution in [1.29, 1.82) is 0 Å². The number of ether oxygens (including phenoxy) is 2. The van der Waals surface area contributed by atoms with Crippen molar-refractivity contribution in [1.82, 2.24) is 5.32 Å². The van der Waals surface area contributed by atoms with Crippen LogP contribution in [0.3, 0.4) is 0 Å². The SMILES string of the molecule is C/C=C(/Nc1ccc(OC)cc1OC)[C@@H]1C(=O)NC(=O)N(c2ccc(C)cc2)C1=O. The Bertz CT molecular complexity index is 1010. The fourth-order valence-electron chi connectivity index (χ4n) is 3.16. The highest BCUT2D eigenvalue weighted by Crippen LogP contribution is 2.32. The summed E-state index contributed by atoms with van der Waals surface area (Å²) < 4.78 is 10.6. The van der Waals surface area contributed by atoms with Crippen LogP contribution in [0.5, 0.6) is 11.5 Å². The summed E-state index contributed by atoms with van der Waals surface area (Å²) in [4.78, 5) is 39.1. The first-order valence-corrected chi connectivity index (χ1v) is 9.30. The molecule has 8 nitrogen and oxygen atoms in total. The van der Waals surface area contributed by atoms with Crippen molar-refractivity contribution in [3.63, 3.8) is 0 Å². The number of carbonyl (C=O) groups excluding carboxylic acids is 3. The third kappa shape index (κ3) is 3.98. The van der Waals surface area contributed by atoms with Gasteiger partial charge in [0.25, 0.3) is 5.91 Å². The molecule has 0 bridgehead atoms. The maximum Gasteiger partial charge on any atom is 0.335 e. The molecule has 1 heterocycles. The van der Waals surface area contributed by atoms with Crippen molar-refractivity contribution in [2.45, 2.75) is 13.8 Å². The summed E-state index contributed by atoms with van der Waals surface area (Å²) in [6, 6.07) is 11.3. The monoisotopic (exact) mass is 409 g/mol. The molecule has 8 heteroatoms. The Hall–Kier alpha value is -3.81. The van der Waals surface area contributed by atoms with Crippen LogP contribution < -0.4 is 25.0 Å². The van der Waals surface area contributed by atoms with Crippen LogP contribution in [0.25, 0.3) is 0 Å². The second-order valence-electron chi connectivity index (χ2n) is 6.67. The predicted molar refractivity (Wildman–Crippen MR) is 113 cm³/mol. The average molecular weight is 409 g/mol. The Kier molecular flexibility index (Phi) is 6.06. The molecule has 0 spiro atoms. The summed E-state index contributed by atoms with van der Waals surface area (Å²) in [6.07, 6.45) is 1.62. The number of nitrogens with zero attached hydrogens (tertiary/aromatic N) is 1. The van der Waals surface area contributed by atoms with E-state index in [0.717, 1.165) is 10.5 Å². The lowest BCUT2D eigenvalue weighted by Gasteiger charge is -2.31. The van der Waals surface area contributed by atoms with Gasteiger partial charge < -0.3 is 14.8 Å². The van der Waals surface area contributed by atoms with Gasteiger partial charge in [0.15, 0.2) is 5.92 Å². The van der Waals surface area contributed by atoms with Crippen molar-refractivity contribution >= 4 is 29.2 Å². The minimum atomic E-state index is -1.22. The fourth-order valence-corrected chi connectivity index (χ4v) is 3.16. The normalized spacial score (nSPS) is 16.9. The molecule has 0 unspecified atom stereocenters. The number of hydrogen-bond donors (Lipinski definition) is 2. The molecule has 1 fully saturated rings. The number of carbonyl (C=O) groups is 3. The Labute approximate surface area is 174 Å². The van der Waals surface area contributed by atoms with E-state index in [-0.39, 0.29) is 0 Å². The van der Waals surface area contributed by atoms with E-state index < -0.39 is 23.8 Å². The zero-order chi connectivity index (χ0) is 21.8. The number of allylic oxidation sites excluding steroid dienone is 1. The van der Waals surface area contributed by atoms with E-state index in [4.69, 9.17) is 9.47 Å². The lowest BCUT2D eigenvalue weighted by molar-refractivity contribution is -0.132. The molecule has 3 rings (SSSR count). The highest BCUT2D eigenvalue weighted by Gasteiger charge is 2.43. The van der Waals surface area contributed by atoms with E-state index >= 15 is 0 Å². The fraction of sp³-hybridized carbons (Fsp3) is 0.227. The predicted octanol–water partition coefficient (Wildman–Crippen LogP) is 3.23. The number of imide groups is 2. The minimum Gasteiger partial charge on any atom is -0.497 e. The molecule has 0 radical (unpaired) electrons. The number of nitrogens with one attached hydrogen (secondary N) is 2. The van der Waals surface area contributed by atoms with Gasteiger partial charge in [0.05, 0.1) is 25.6 Å². The van der Waals surface area contributed by atoms with Crippen molar-refractivity contribution in [2.75, 3.05) is 24.4 Å². The van der Waals surface area contributed by atoms with E-state index in [2.05, 4.69) is 10.6 Å². The summed E-state index contributed by atoms with van der Waals surface area (Å²) in [5, 5.41) is 5.35. The standard InChI is InChI=1S/C22H23N3O5/c1-5-16(23-17-11-10-15(29-3)12-18(17)30-4)19-20(26)24-22(28)25(21(19)27)14-8-6-13(2)7-9-14/h5-12,19,23H,1-4H3,(H,24,26,28)/b16-5+/t19-/m1/s1. The molecule has 0 saturated carbocycles. The molecule has 2 aromatic carbocycles. The van der Waals surface area contributed by atoms with Crippen LogP contribution in [0.2, 0.25) is 0 Å². The number of anilines is 2. The number of barbiturate groups is 1. The molecule has 4 amide bonds. The lowest BCUT2D eigenvalue weighted by Crippen LogP contribution is -2.59. The summed E-state index contributed by atoms with van der Waals surface area (Å²) >= 11 is 0. The van der Waals surface area contributed by atoms with Crippen LogP contribution in [-0.2, 0) is 9.59 Å². The molecule has 1 saturated heterocycles. The first-order valence-electron chi connectivity index (χ1n) is 9.30. The maximum absolute atomic E-state index is 13.2. The Morgan fingerprint density at radius 1 is 1.07 bits per heavy atom. The minimum absolute atomic E-state index is 0.325. The molecule has 1 atom stereocenters. The quantitative estimate of drug-likeness (QED) is 0.711. The smallest absolute Gasteiger partial charge is 0.335 e. The van der Waals surface area contributed by atoms with E-state index in [1.54, 1.807) is 62.6 Å². The zero-order valence-electron chi connectivity index (χ0n) is 17.2. The number of methoxy groups -OCH3 is 2. The topological polar surface area (TPSA) is 97.0 Å². The van der Waals surface area contributed by atoms with Gasteiger partial charge in [-0.1, -0.05) is 23.8 Å². The molecule has 30 heavy (non-hydrogen) atoms. The molecular weight excluding hydrogens is 386 g/mol. The zero-order valence-corrected chi connectivity index (χ0v) is 17.2. The maximum atomic E-state index is 13.2. The number of benzene rings is 2. The van der Waals surface area contributed by atoms with E-state index in [1.165, 1.54) is 7.11 Å². The largest absolute Gasteiger partial charge is 0.497 e. The molecular formula is C22H23N3O5. The number of rotatable bonds is 6. The summed E-state index contributed by atoms with van der Waals surface area (Å²) in [5.41, 5.74) is 2.24. The van der Waals surface area contributed by atoms with Crippen LogP contribution >= 0.6 is 0 Å². The van der Waals surface area contributed by atoms with Gasteiger partial charge >= 0.3 is 6.03 Å². The molecule has 0 aliphatic carbocycles. The van der Waals surface area contributed by atoms with Crippen molar-refractivity contribution in [3.8, 4) is 11.5 Å². The van der Waals surface area contributed by atoms with Crippen LogP contribution in [0.4, 0.5) is 16.2 Å². The van der Waals surface area contributed by atoms with Crippen LogP contribution in [-0.4, -0.2) is 32.1 Å². The number of urea groups is 1. The third-order valence-corrected chi connectivity index (χ3v) is 4.76. The van der Waals surface area contributed by atoms with Gasteiger partial charge in [-0.15, -0.1) is 0 Å². The second kappa shape index (κ2) is 8.69. The van der Waals surface area contributed by atoms with Gasteiger partial charge in [0.1, 0.15) is 11.5 Å². The van der Waals surface area contributed by atoms with Crippen molar-refractivity contribution in [2.24, 2.45) is 5.92 Å².